The molecule has 138 valence electrons. The van der Waals surface area contributed by atoms with Crippen LogP contribution in [0.15, 0.2) is 24.3 Å². The summed E-state index contributed by atoms with van der Waals surface area (Å²) in [6, 6.07) is 7.86. The van der Waals surface area contributed by atoms with Gasteiger partial charge in [-0.25, -0.2) is 0 Å². The second-order valence-electron chi connectivity index (χ2n) is 6.69. The van der Waals surface area contributed by atoms with E-state index in [0.29, 0.717) is 26.2 Å². The van der Waals surface area contributed by atoms with Crippen LogP contribution in [0.25, 0.3) is 0 Å². The number of benzene rings is 1. The molecule has 6 heteroatoms. The lowest BCUT2D eigenvalue weighted by atomic mass is 9.96. The third kappa shape index (κ3) is 4.73. The number of hydrogen-bond donors (Lipinski definition) is 1. The Kier molecular flexibility index (Phi) is 7.26. The van der Waals surface area contributed by atoms with Gasteiger partial charge in [-0.1, -0.05) is 19.1 Å². The van der Waals surface area contributed by atoms with Gasteiger partial charge in [-0.2, -0.15) is 0 Å². The van der Waals surface area contributed by atoms with E-state index in [4.69, 9.17) is 0 Å². The zero-order valence-corrected chi connectivity index (χ0v) is 15.7. The molecule has 2 aliphatic rings. The number of amides is 2. The Morgan fingerprint density at radius 1 is 1.00 bits per heavy atom. The molecule has 0 radical (unpaired) electrons. The molecular formula is C19H28ClN3O2. The molecule has 2 saturated heterocycles. The van der Waals surface area contributed by atoms with Crippen LogP contribution < -0.4 is 5.32 Å². The monoisotopic (exact) mass is 365 g/mol. The minimum atomic E-state index is 0. The fourth-order valence-corrected chi connectivity index (χ4v) is 3.52. The molecule has 1 N–H and O–H groups in total. The maximum absolute atomic E-state index is 12.6. The third-order valence-corrected chi connectivity index (χ3v) is 5.18. The fraction of sp³-hybridized carbons (Fsp3) is 0.579. The lowest BCUT2D eigenvalue weighted by Crippen LogP contribution is -2.52. The van der Waals surface area contributed by atoms with E-state index < -0.39 is 0 Å². The number of nitrogens with zero attached hydrogens (tertiary/aromatic N) is 2. The minimum absolute atomic E-state index is 0. The van der Waals surface area contributed by atoms with Crippen LogP contribution in [0.4, 0.5) is 0 Å². The number of carbonyl (C=O) groups is 2. The lowest BCUT2D eigenvalue weighted by molar-refractivity contribution is -0.137. The van der Waals surface area contributed by atoms with Crippen molar-refractivity contribution in [3.63, 3.8) is 0 Å². The number of piperidine rings is 1. The summed E-state index contributed by atoms with van der Waals surface area (Å²) in [5.41, 5.74) is 1.98. The summed E-state index contributed by atoms with van der Waals surface area (Å²) >= 11 is 0. The smallest absolute Gasteiger partial charge is 0.253 e. The minimum Gasteiger partial charge on any atom is -0.339 e. The molecule has 2 amide bonds. The molecule has 0 atom stereocenters. The van der Waals surface area contributed by atoms with Gasteiger partial charge in [0, 0.05) is 37.7 Å². The van der Waals surface area contributed by atoms with Crippen LogP contribution in [0.5, 0.6) is 0 Å². The Morgan fingerprint density at radius 2 is 1.56 bits per heavy atom. The van der Waals surface area contributed by atoms with Crippen molar-refractivity contribution in [2.24, 2.45) is 5.92 Å². The second kappa shape index (κ2) is 9.20. The zero-order chi connectivity index (χ0) is 16.9. The predicted molar refractivity (Wildman–Crippen MR) is 101 cm³/mol. The SMILES string of the molecule is CCc1ccc(C(=O)N2CCN(C(=O)C3CCNCC3)CC2)cc1.Cl. The molecule has 0 aliphatic carbocycles. The van der Waals surface area contributed by atoms with Crippen molar-refractivity contribution in [2.45, 2.75) is 26.2 Å². The van der Waals surface area contributed by atoms with E-state index in [9.17, 15) is 9.59 Å². The summed E-state index contributed by atoms with van der Waals surface area (Å²) < 4.78 is 0. The summed E-state index contributed by atoms with van der Waals surface area (Å²) in [7, 11) is 0. The standard InChI is InChI=1S/C19H27N3O2.ClH/c1-2-15-3-5-16(6-4-15)18(23)21-11-13-22(14-12-21)19(24)17-7-9-20-10-8-17;/h3-6,17,20H,2,7-14H2,1H3;1H. The van der Waals surface area contributed by atoms with Crippen molar-refractivity contribution < 1.29 is 9.59 Å². The molecule has 2 aliphatic heterocycles. The third-order valence-electron chi connectivity index (χ3n) is 5.18. The van der Waals surface area contributed by atoms with Crippen molar-refractivity contribution in [1.82, 2.24) is 15.1 Å². The van der Waals surface area contributed by atoms with E-state index in [0.717, 1.165) is 37.9 Å². The van der Waals surface area contributed by atoms with Crippen LogP contribution in [0.3, 0.4) is 0 Å². The quantitative estimate of drug-likeness (QED) is 0.890. The van der Waals surface area contributed by atoms with Gasteiger partial charge in [-0.15, -0.1) is 12.4 Å². The summed E-state index contributed by atoms with van der Waals surface area (Å²) in [5.74, 6) is 0.512. The first-order valence-corrected chi connectivity index (χ1v) is 9.06. The Bertz CT molecular complexity index is 577. The van der Waals surface area contributed by atoms with Gasteiger partial charge in [-0.05, 0) is 50.0 Å². The molecule has 0 bridgehead atoms. The van der Waals surface area contributed by atoms with E-state index in [1.807, 2.05) is 34.1 Å². The van der Waals surface area contributed by atoms with E-state index >= 15 is 0 Å². The molecule has 0 spiro atoms. The first kappa shape index (κ1) is 19.7. The van der Waals surface area contributed by atoms with Crippen LogP contribution in [0, 0.1) is 5.92 Å². The van der Waals surface area contributed by atoms with Gasteiger partial charge in [0.15, 0.2) is 0 Å². The van der Waals surface area contributed by atoms with Gasteiger partial charge < -0.3 is 15.1 Å². The van der Waals surface area contributed by atoms with E-state index in [2.05, 4.69) is 12.2 Å². The Hall–Kier alpha value is -1.59. The van der Waals surface area contributed by atoms with Crippen molar-refractivity contribution in [2.75, 3.05) is 39.3 Å². The molecule has 5 nitrogen and oxygen atoms in total. The largest absolute Gasteiger partial charge is 0.339 e. The second-order valence-corrected chi connectivity index (χ2v) is 6.69. The normalized spacial score (nSPS) is 18.6. The van der Waals surface area contributed by atoms with Crippen LogP contribution in [0.2, 0.25) is 0 Å². The summed E-state index contributed by atoms with van der Waals surface area (Å²) in [6.07, 6.45) is 2.84. The highest BCUT2D eigenvalue weighted by atomic mass is 35.5. The Labute approximate surface area is 156 Å². The number of nitrogens with one attached hydrogen (secondary N) is 1. The van der Waals surface area contributed by atoms with Crippen molar-refractivity contribution in [3.05, 3.63) is 35.4 Å². The molecule has 2 fully saturated rings. The van der Waals surface area contributed by atoms with Crippen LogP contribution in [-0.4, -0.2) is 60.9 Å². The van der Waals surface area contributed by atoms with E-state index in [1.165, 1.54) is 5.56 Å². The van der Waals surface area contributed by atoms with Crippen molar-refractivity contribution in [1.29, 1.82) is 0 Å². The predicted octanol–water partition coefficient (Wildman–Crippen LogP) is 1.95. The fourth-order valence-electron chi connectivity index (χ4n) is 3.52. The number of halogens is 1. The molecule has 3 rings (SSSR count). The van der Waals surface area contributed by atoms with Gasteiger partial charge in [0.25, 0.3) is 5.91 Å². The highest BCUT2D eigenvalue weighted by Crippen LogP contribution is 2.17. The number of rotatable bonds is 3. The lowest BCUT2D eigenvalue weighted by Gasteiger charge is -2.37. The summed E-state index contributed by atoms with van der Waals surface area (Å²) in [6.45, 7) is 6.54. The summed E-state index contributed by atoms with van der Waals surface area (Å²) in [5, 5.41) is 3.30. The average molecular weight is 366 g/mol. The number of aryl methyl sites for hydroxylation is 1. The number of piperazine rings is 1. The Morgan fingerprint density at radius 3 is 2.12 bits per heavy atom. The van der Waals surface area contributed by atoms with Crippen LogP contribution >= 0.6 is 12.4 Å². The average Bonchev–Trinajstić information content (AvgIpc) is 2.68. The maximum atomic E-state index is 12.6. The molecule has 25 heavy (non-hydrogen) atoms. The van der Waals surface area contributed by atoms with Gasteiger partial charge >= 0.3 is 0 Å². The molecule has 0 saturated carbocycles. The molecule has 2 heterocycles. The number of carbonyl (C=O) groups excluding carboxylic acids is 2. The van der Waals surface area contributed by atoms with Gasteiger partial charge in [0.2, 0.25) is 5.91 Å². The highest BCUT2D eigenvalue weighted by molar-refractivity contribution is 5.94. The van der Waals surface area contributed by atoms with E-state index in [1.54, 1.807) is 0 Å². The van der Waals surface area contributed by atoms with Gasteiger partial charge in [0.1, 0.15) is 0 Å². The first-order chi connectivity index (χ1) is 11.7. The Balaban J connectivity index is 0.00000225. The first-order valence-electron chi connectivity index (χ1n) is 9.06. The van der Waals surface area contributed by atoms with Crippen molar-refractivity contribution in [3.8, 4) is 0 Å². The van der Waals surface area contributed by atoms with Crippen LogP contribution in [-0.2, 0) is 11.2 Å². The molecular weight excluding hydrogens is 338 g/mol. The molecule has 1 aromatic rings. The van der Waals surface area contributed by atoms with Crippen molar-refractivity contribution >= 4 is 24.2 Å². The molecule has 0 unspecified atom stereocenters. The van der Waals surface area contributed by atoms with E-state index in [-0.39, 0.29) is 30.1 Å². The van der Waals surface area contributed by atoms with Gasteiger partial charge in [0.05, 0.1) is 0 Å². The van der Waals surface area contributed by atoms with Gasteiger partial charge in [-0.3, -0.25) is 9.59 Å². The highest BCUT2D eigenvalue weighted by Gasteiger charge is 2.29. The maximum Gasteiger partial charge on any atom is 0.253 e. The topological polar surface area (TPSA) is 52.7 Å². The number of hydrogen-bond acceptors (Lipinski definition) is 3. The molecule has 0 aromatic heterocycles. The summed E-state index contributed by atoms with van der Waals surface area (Å²) in [4.78, 5) is 29.0. The zero-order valence-electron chi connectivity index (χ0n) is 14.9. The van der Waals surface area contributed by atoms with Crippen LogP contribution in [0.1, 0.15) is 35.7 Å². The molecule has 1 aromatic carbocycles.